The molecular formula is C37H50F3N7O8S. The van der Waals surface area contributed by atoms with Crippen LogP contribution < -0.4 is 10.6 Å². The predicted molar refractivity (Wildman–Crippen MR) is 195 cm³/mol. The van der Waals surface area contributed by atoms with Gasteiger partial charge >= 0.3 is 18.1 Å². The number of piperidine rings is 3. The monoisotopic (exact) mass is 809 g/mol. The molecule has 4 saturated heterocycles. The molecule has 19 heteroatoms. The third-order valence-electron chi connectivity index (χ3n) is 10.9. The first kappa shape index (κ1) is 42.9. The van der Waals surface area contributed by atoms with E-state index in [9.17, 15) is 42.3 Å². The van der Waals surface area contributed by atoms with Gasteiger partial charge in [0, 0.05) is 62.6 Å². The standard InChI is InChI=1S/C37H50F3N7O8S/c1-19(2)27(46(5)35(51)31(23-16-54-17-23)45-33(50)28-11-22-6-8-47(28)9-7-22)13-29(55-21(4)48)34-44-26(18-56-34)32(49)43-25(10-20(3)36(52)53)12-30-41-14-24(15-42-30)37(38,39)40/h14-15,18-20,22-23,25,27-29,31H,6-13,16-17H2,1-5H3,(H,43,49)(H,45,50)(H,52,53)/t20-,25+,27+,28+,29+,31-/m0/s1. The normalized spacial score (nSPS) is 22.3. The van der Waals surface area contributed by atoms with Crippen LogP contribution in [0.3, 0.4) is 0 Å². The van der Waals surface area contributed by atoms with Crippen molar-refractivity contribution in [2.24, 2.45) is 23.7 Å². The van der Waals surface area contributed by atoms with Crippen LogP contribution in [-0.4, -0.2) is 117 Å². The Labute approximate surface area is 327 Å². The smallest absolute Gasteiger partial charge is 0.419 e. The van der Waals surface area contributed by atoms with E-state index in [0.717, 1.165) is 43.7 Å². The van der Waals surface area contributed by atoms with Crippen molar-refractivity contribution < 1.29 is 51.7 Å². The maximum atomic E-state index is 14.2. The summed E-state index contributed by atoms with van der Waals surface area (Å²) in [6.07, 6.45) is -1.56. The molecule has 2 aromatic rings. The predicted octanol–water partition coefficient (Wildman–Crippen LogP) is 3.50. The molecule has 4 aliphatic rings. The molecule has 3 N–H and O–H groups in total. The van der Waals surface area contributed by atoms with Crippen LogP contribution in [0.25, 0.3) is 0 Å². The van der Waals surface area contributed by atoms with Gasteiger partial charge in [0.05, 0.1) is 30.7 Å². The lowest BCUT2D eigenvalue weighted by atomic mass is 9.82. The van der Waals surface area contributed by atoms with E-state index in [0.29, 0.717) is 31.5 Å². The number of likely N-dealkylation sites (N-methyl/N-ethyl adjacent to an activating group) is 1. The summed E-state index contributed by atoms with van der Waals surface area (Å²) in [4.78, 5) is 81.0. The van der Waals surface area contributed by atoms with Crippen LogP contribution in [0.1, 0.15) is 92.8 Å². The number of esters is 1. The Balaban J connectivity index is 1.29. The number of hydrogen-bond acceptors (Lipinski definition) is 12. The number of aliphatic carboxylic acids is 1. The molecule has 0 saturated carbocycles. The zero-order valence-corrected chi connectivity index (χ0v) is 32.9. The van der Waals surface area contributed by atoms with Gasteiger partial charge < -0.3 is 30.1 Å². The minimum atomic E-state index is -4.64. The molecule has 0 radical (unpaired) electrons. The van der Waals surface area contributed by atoms with E-state index in [2.05, 4.69) is 30.5 Å². The van der Waals surface area contributed by atoms with E-state index in [-0.39, 0.29) is 65.5 Å². The highest BCUT2D eigenvalue weighted by Crippen LogP contribution is 2.34. The molecule has 56 heavy (non-hydrogen) atoms. The third kappa shape index (κ3) is 10.8. The highest BCUT2D eigenvalue weighted by Gasteiger charge is 2.43. The second kappa shape index (κ2) is 18.4. The van der Waals surface area contributed by atoms with Gasteiger partial charge in [-0.15, -0.1) is 11.3 Å². The summed E-state index contributed by atoms with van der Waals surface area (Å²) < 4.78 is 50.2. The summed E-state index contributed by atoms with van der Waals surface area (Å²) in [7, 11) is 1.65. The Kier molecular flexibility index (Phi) is 14.1. The van der Waals surface area contributed by atoms with Gasteiger partial charge in [0.15, 0.2) is 6.10 Å². The van der Waals surface area contributed by atoms with Crippen molar-refractivity contribution >= 4 is 41.0 Å². The Morgan fingerprint density at radius 2 is 1.73 bits per heavy atom. The number of thiazole rings is 1. The lowest BCUT2D eigenvalue weighted by Crippen LogP contribution is -2.62. The molecule has 15 nitrogen and oxygen atoms in total. The summed E-state index contributed by atoms with van der Waals surface area (Å²) in [6, 6.07) is -2.46. The quantitative estimate of drug-likeness (QED) is 0.197. The number of carbonyl (C=O) groups excluding carboxylic acids is 4. The Hall–Kier alpha value is -4.23. The number of halogens is 3. The van der Waals surface area contributed by atoms with Crippen LogP contribution >= 0.6 is 11.3 Å². The number of nitrogens with one attached hydrogen (secondary N) is 2. The topological polar surface area (TPSA) is 193 Å². The van der Waals surface area contributed by atoms with E-state index < -0.39 is 59.7 Å². The number of carboxylic acids is 1. The fourth-order valence-corrected chi connectivity index (χ4v) is 8.38. The molecule has 2 bridgehead atoms. The molecule has 4 fully saturated rings. The number of aromatic nitrogens is 3. The number of hydrogen-bond donors (Lipinski definition) is 3. The molecule has 3 amide bonds. The molecule has 308 valence electrons. The van der Waals surface area contributed by atoms with Gasteiger partial charge in [-0.3, -0.25) is 28.9 Å². The lowest BCUT2D eigenvalue weighted by molar-refractivity contribution is -0.151. The molecule has 6 rings (SSSR count). The zero-order valence-electron chi connectivity index (χ0n) is 32.1. The largest absolute Gasteiger partial charge is 0.481 e. The average Bonchev–Trinajstić information content (AvgIpc) is 3.62. The zero-order chi connectivity index (χ0) is 40.9. The number of fused-ring (bicyclic) bond motifs is 3. The summed E-state index contributed by atoms with van der Waals surface area (Å²) >= 11 is 1.05. The van der Waals surface area contributed by atoms with E-state index in [1.807, 2.05) is 13.8 Å². The van der Waals surface area contributed by atoms with Crippen molar-refractivity contribution in [1.29, 1.82) is 0 Å². The SMILES string of the molecule is CC(=O)O[C@H](C[C@H](C(C)C)N(C)C(=O)[C@@H](NC(=O)[C@H]1CC2CCN1CC2)C1COC1)c1nc(C(=O)N[C@@H](Cc2ncc(C(F)(F)F)cn2)C[C@H](C)C(=O)O)cs1. The van der Waals surface area contributed by atoms with Crippen molar-refractivity contribution in [3.8, 4) is 0 Å². The fourth-order valence-electron chi connectivity index (χ4n) is 7.54. The first-order chi connectivity index (χ1) is 26.4. The van der Waals surface area contributed by atoms with E-state index in [1.165, 1.54) is 19.2 Å². The van der Waals surface area contributed by atoms with Gasteiger partial charge in [0.25, 0.3) is 5.91 Å². The van der Waals surface area contributed by atoms with E-state index in [1.54, 1.807) is 11.9 Å². The maximum Gasteiger partial charge on any atom is 0.419 e. The van der Waals surface area contributed by atoms with Crippen LogP contribution in [-0.2, 0) is 41.2 Å². The highest BCUT2D eigenvalue weighted by molar-refractivity contribution is 7.09. The van der Waals surface area contributed by atoms with Crippen LogP contribution in [0.5, 0.6) is 0 Å². The van der Waals surface area contributed by atoms with Gasteiger partial charge in [-0.05, 0) is 50.6 Å². The van der Waals surface area contributed by atoms with Gasteiger partial charge in [-0.1, -0.05) is 20.8 Å². The number of amides is 3. The first-order valence-electron chi connectivity index (χ1n) is 18.8. The number of carboxylic acid groups (broad SMARTS) is 1. The van der Waals surface area contributed by atoms with Crippen molar-refractivity contribution in [3.63, 3.8) is 0 Å². The molecule has 0 spiro atoms. The minimum Gasteiger partial charge on any atom is -0.481 e. The van der Waals surface area contributed by atoms with Crippen molar-refractivity contribution in [3.05, 3.63) is 39.9 Å². The Morgan fingerprint density at radius 3 is 2.25 bits per heavy atom. The number of ether oxygens (including phenoxy) is 2. The van der Waals surface area contributed by atoms with E-state index in [4.69, 9.17) is 9.47 Å². The summed E-state index contributed by atoms with van der Waals surface area (Å²) in [5.41, 5.74) is -1.11. The van der Waals surface area contributed by atoms with Gasteiger partial charge in [0.2, 0.25) is 11.8 Å². The molecule has 0 unspecified atom stereocenters. The number of rotatable bonds is 17. The van der Waals surface area contributed by atoms with Crippen LogP contribution in [0.4, 0.5) is 13.2 Å². The molecule has 6 atom stereocenters. The summed E-state index contributed by atoms with van der Waals surface area (Å²) in [6.45, 7) is 8.91. The maximum absolute atomic E-state index is 14.2. The second-order valence-electron chi connectivity index (χ2n) is 15.4. The second-order valence-corrected chi connectivity index (χ2v) is 16.3. The Bertz CT molecular complexity index is 1720. The van der Waals surface area contributed by atoms with Crippen molar-refractivity contribution in [2.75, 3.05) is 33.4 Å². The number of carbonyl (C=O) groups is 5. The van der Waals surface area contributed by atoms with Crippen molar-refractivity contribution in [2.45, 2.75) is 103 Å². The van der Waals surface area contributed by atoms with Gasteiger partial charge in [0.1, 0.15) is 22.6 Å². The van der Waals surface area contributed by atoms with Crippen LogP contribution in [0, 0.1) is 23.7 Å². The summed E-state index contributed by atoms with van der Waals surface area (Å²) in [5, 5.41) is 17.0. The molecule has 4 aliphatic heterocycles. The molecule has 2 aromatic heterocycles. The molecule has 6 heterocycles. The molecule has 0 aromatic carbocycles. The fraction of sp³-hybridized carbons (Fsp3) is 0.676. The summed E-state index contributed by atoms with van der Waals surface area (Å²) in [5.74, 6) is -3.67. The third-order valence-corrected chi connectivity index (χ3v) is 11.8. The van der Waals surface area contributed by atoms with Gasteiger partial charge in [-0.25, -0.2) is 15.0 Å². The van der Waals surface area contributed by atoms with Crippen LogP contribution in [0.15, 0.2) is 17.8 Å². The first-order valence-corrected chi connectivity index (χ1v) is 19.7. The van der Waals surface area contributed by atoms with Gasteiger partial charge in [-0.2, -0.15) is 13.2 Å². The van der Waals surface area contributed by atoms with Crippen molar-refractivity contribution in [1.82, 2.24) is 35.4 Å². The van der Waals surface area contributed by atoms with Crippen LogP contribution in [0.2, 0.25) is 0 Å². The minimum absolute atomic E-state index is 0.0291. The Morgan fingerprint density at radius 1 is 1.07 bits per heavy atom. The molecule has 0 aliphatic carbocycles. The van der Waals surface area contributed by atoms with E-state index >= 15 is 0 Å². The average molecular weight is 810 g/mol. The highest BCUT2D eigenvalue weighted by atomic mass is 32.1. The molecular weight excluding hydrogens is 760 g/mol. The number of nitrogens with zero attached hydrogens (tertiary/aromatic N) is 5. The lowest BCUT2D eigenvalue weighted by Gasteiger charge is -2.45. The number of alkyl halides is 3.